The second-order valence-electron chi connectivity index (χ2n) is 9.89. The number of halogens is 2. The van der Waals surface area contributed by atoms with E-state index in [0.29, 0.717) is 54.4 Å². The number of thiazole rings is 1. The number of carbonyl (C=O) groups excluding carboxylic acids is 2. The summed E-state index contributed by atoms with van der Waals surface area (Å²) in [7, 11) is 5.21. The number of pyridine rings is 1. The molecule has 214 valence electrons. The average Bonchev–Trinajstić information content (AvgIpc) is 3.67. The van der Waals surface area contributed by atoms with E-state index in [2.05, 4.69) is 14.7 Å². The third kappa shape index (κ3) is 7.15. The van der Waals surface area contributed by atoms with Crippen molar-refractivity contribution in [3.63, 3.8) is 0 Å². The molecule has 0 radical (unpaired) electrons. The van der Waals surface area contributed by atoms with Gasteiger partial charge in [-0.15, -0.1) is 11.3 Å². The Labute approximate surface area is 241 Å². The summed E-state index contributed by atoms with van der Waals surface area (Å²) in [5.74, 6) is 0.275. The van der Waals surface area contributed by atoms with Crippen molar-refractivity contribution in [3.05, 3.63) is 75.0 Å². The molecule has 2 aromatic heterocycles. The van der Waals surface area contributed by atoms with E-state index in [9.17, 15) is 18.4 Å². The molecule has 1 fully saturated rings. The van der Waals surface area contributed by atoms with Crippen molar-refractivity contribution in [1.82, 2.24) is 23.9 Å². The maximum atomic E-state index is 14.0. The zero-order valence-corrected chi connectivity index (χ0v) is 24.6. The highest BCUT2D eigenvalue weighted by Gasteiger charge is 2.54. The molecule has 1 saturated carbocycles. The van der Waals surface area contributed by atoms with Gasteiger partial charge in [-0.25, -0.2) is 18.1 Å². The first kappa shape index (κ1) is 29.9. The van der Waals surface area contributed by atoms with Gasteiger partial charge in [-0.1, -0.05) is 24.3 Å². The topological polar surface area (TPSA) is 87.7 Å². The van der Waals surface area contributed by atoms with Gasteiger partial charge in [0.15, 0.2) is 0 Å². The first-order valence-electron chi connectivity index (χ1n) is 12.9. The largest absolute Gasteiger partial charge is 0.495 e. The summed E-state index contributed by atoms with van der Waals surface area (Å²) in [6.45, 7) is 2.49. The van der Waals surface area contributed by atoms with E-state index in [1.165, 1.54) is 35.6 Å². The minimum atomic E-state index is -2.53. The predicted molar refractivity (Wildman–Crippen MR) is 152 cm³/mol. The molecular weight excluding hydrogens is 556 g/mol. The van der Waals surface area contributed by atoms with Crippen LogP contribution >= 0.6 is 23.5 Å². The molecule has 4 rings (SSSR count). The summed E-state index contributed by atoms with van der Waals surface area (Å²) in [6, 6.07) is 10.0. The maximum absolute atomic E-state index is 14.0. The molecule has 1 N–H and O–H groups in total. The van der Waals surface area contributed by atoms with Crippen LogP contribution in [-0.2, 0) is 23.2 Å². The predicted octanol–water partition coefficient (Wildman–Crippen LogP) is 5.34. The monoisotopic (exact) mass is 589 g/mol. The molecule has 2 heterocycles. The van der Waals surface area contributed by atoms with Crippen LogP contribution in [0.3, 0.4) is 0 Å². The Hall–Kier alpha value is -3.09. The van der Waals surface area contributed by atoms with Crippen LogP contribution in [0.4, 0.5) is 8.78 Å². The molecule has 0 saturated heterocycles. The SMILES string of the molecule is COc1ccc(C2(C(=O)N(CCCc3cccc(C(F)F)c3)Cc3nc(C(=O)NSN(C)C)c(C)s3)CC2)nc1. The van der Waals surface area contributed by atoms with Crippen molar-refractivity contribution in [2.24, 2.45) is 0 Å². The van der Waals surface area contributed by atoms with Crippen molar-refractivity contribution in [1.29, 1.82) is 0 Å². The Morgan fingerprint density at radius 1 is 1.23 bits per heavy atom. The van der Waals surface area contributed by atoms with Gasteiger partial charge in [-0.3, -0.25) is 19.3 Å². The number of ether oxygens (including phenoxy) is 1. The second-order valence-corrected chi connectivity index (χ2v) is 12.3. The number of hydrogen-bond acceptors (Lipinski definition) is 8. The zero-order valence-electron chi connectivity index (χ0n) is 22.9. The van der Waals surface area contributed by atoms with Gasteiger partial charge < -0.3 is 9.64 Å². The number of hydrogen-bond donors (Lipinski definition) is 1. The Bertz CT molecular complexity index is 1330. The van der Waals surface area contributed by atoms with Gasteiger partial charge in [0.25, 0.3) is 12.3 Å². The van der Waals surface area contributed by atoms with E-state index < -0.39 is 11.8 Å². The molecule has 1 aliphatic carbocycles. The van der Waals surface area contributed by atoms with Crippen LogP contribution < -0.4 is 9.46 Å². The fraction of sp³-hybridized carbons (Fsp3) is 0.429. The third-order valence-corrected chi connectivity index (χ3v) is 8.31. The molecular formula is C28H33F2N5O3S2. The molecule has 0 atom stereocenters. The van der Waals surface area contributed by atoms with E-state index in [4.69, 9.17) is 4.74 Å². The van der Waals surface area contributed by atoms with Gasteiger partial charge in [-0.2, -0.15) is 0 Å². The number of nitrogens with one attached hydrogen (secondary N) is 1. The summed E-state index contributed by atoms with van der Waals surface area (Å²) in [5, 5.41) is 0.657. The van der Waals surface area contributed by atoms with Crippen molar-refractivity contribution in [2.75, 3.05) is 27.7 Å². The molecule has 0 bridgehead atoms. The molecule has 0 spiro atoms. The summed E-state index contributed by atoms with van der Waals surface area (Å²) in [6.07, 6.45) is 1.59. The highest BCUT2D eigenvalue weighted by atomic mass is 32.2. The van der Waals surface area contributed by atoms with Crippen molar-refractivity contribution in [2.45, 2.75) is 51.0 Å². The lowest BCUT2D eigenvalue weighted by Gasteiger charge is -2.27. The van der Waals surface area contributed by atoms with E-state index in [0.717, 1.165) is 10.4 Å². The molecule has 1 aliphatic rings. The number of rotatable bonds is 13. The smallest absolute Gasteiger partial charge is 0.281 e. The fourth-order valence-corrected chi connectivity index (χ4v) is 5.78. The lowest BCUT2D eigenvalue weighted by atomic mass is 9.99. The van der Waals surface area contributed by atoms with Crippen molar-refractivity contribution in [3.8, 4) is 5.75 Å². The van der Waals surface area contributed by atoms with Gasteiger partial charge in [-0.05, 0) is 64.4 Å². The normalized spacial score (nSPS) is 13.9. The van der Waals surface area contributed by atoms with Crippen molar-refractivity contribution >= 4 is 35.3 Å². The summed E-state index contributed by atoms with van der Waals surface area (Å²) in [5.41, 5.74) is 1.11. The molecule has 8 nitrogen and oxygen atoms in total. The summed E-state index contributed by atoms with van der Waals surface area (Å²) < 4.78 is 36.1. The van der Waals surface area contributed by atoms with Crippen LogP contribution in [-0.4, -0.2) is 58.7 Å². The van der Waals surface area contributed by atoms with Gasteiger partial charge in [0.05, 0.1) is 31.0 Å². The van der Waals surface area contributed by atoms with Crippen LogP contribution in [0.15, 0.2) is 42.6 Å². The third-order valence-electron chi connectivity index (χ3n) is 6.71. The molecule has 0 aliphatic heterocycles. The summed E-state index contributed by atoms with van der Waals surface area (Å²) in [4.78, 5) is 38.3. The van der Waals surface area contributed by atoms with E-state index in [-0.39, 0.29) is 23.9 Å². The fourth-order valence-electron chi connectivity index (χ4n) is 4.48. The minimum absolute atomic E-state index is 0.00978. The number of methoxy groups -OCH3 is 1. The Morgan fingerprint density at radius 2 is 2.00 bits per heavy atom. The number of aromatic nitrogens is 2. The minimum Gasteiger partial charge on any atom is -0.495 e. The van der Waals surface area contributed by atoms with Crippen LogP contribution in [0.25, 0.3) is 0 Å². The van der Waals surface area contributed by atoms with Gasteiger partial charge in [0.1, 0.15) is 16.5 Å². The van der Waals surface area contributed by atoms with E-state index >= 15 is 0 Å². The lowest BCUT2D eigenvalue weighted by molar-refractivity contribution is -0.134. The molecule has 12 heteroatoms. The molecule has 40 heavy (non-hydrogen) atoms. The highest BCUT2D eigenvalue weighted by Crippen LogP contribution is 2.49. The van der Waals surface area contributed by atoms with E-state index in [1.807, 2.05) is 33.2 Å². The number of amides is 2. The quantitative estimate of drug-likeness (QED) is 0.269. The van der Waals surface area contributed by atoms with Gasteiger partial charge in [0, 0.05) is 29.1 Å². The standard InChI is InChI=1S/C28H33F2N5O3S2/c1-18-24(26(36)33-40-34(2)3)32-23(39-18)17-35(14-6-8-19-7-5-9-20(15-19)25(29)30)27(37)28(12-13-28)22-11-10-21(38-4)16-31-22/h5,7,9-11,15-16,25H,6,8,12-14,17H2,1-4H3,(H,33,36). The number of aryl methyl sites for hydroxylation is 2. The second kappa shape index (κ2) is 13.0. The van der Waals surface area contributed by atoms with Crippen LogP contribution in [0.1, 0.15) is 62.9 Å². The Balaban J connectivity index is 1.53. The molecule has 3 aromatic rings. The van der Waals surface area contributed by atoms with E-state index in [1.54, 1.807) is 34.6 Å². The number of nitrogens with zero attached hydrogens (tertiary/aromatic N) is 4. The first-order chi connectivity index (χ1) is 19.1. The Morgan fingerprint density at radius 3 is 2.62 bits per heavy atom. The number of carbonyl (C=O) groups is 2. The first-order valence-corrected chi connectivity index (χ1v) is 14.5. The molecule has 2 amide bonds. The molecule has 1 aromatic carbocycles. The number of alkyl halides is 2. The van der Waals surface area contributed by atoms with Crippen molar-refractivity contribution < 1.29 is 23.1 Å². The van der Waals surface area contributed by atoms with Crippen LogP contribution in [0.5, 0.6) is 5.75 Å². The lowest BCUT2D eigenvalue weighted by Crippen LogP contribution is -2.40. The Kier molecular flexibility index (Phi) is 9.75. The highest BCUT2D eigenvalue weighted by molar-refractivity contribution is 7.95. The molecule has 0 unspecified atom stereocenters. The van der Waals surface area contributed by atoms with Gasteiger partial charge >= 0.3 is 0 Å². The summed E-state index contributed by atoms with van der Waals surface area (Å²) >= 11 is 2.55. The van der Waals surface area contributed by atoms with Gasteiger partial charge in [0.2, 0.25) is 5.91 Å². The van der Waals surface area contributed by atoms with Crippen LogP contribution in [0, 0.1) is 6.92 Å². The maximum Gasteiger partial charge on any atom is 0.281 e. The number of benzene rings is 1. The average molecular weight is 590 g/mol. The van der Waals surface area contributed by atoms with Crippen LogP contribution in [0.2, 0.25) is 0 Å². The zero-order chi connectivity index (χ0) is 28.9.